The number of carbonyl (C=O) groups excluding carboxylic acids is 1. The molecule has 4 N–H and O–H groups in total. The molecule has 0 aliphatic carbocycles. The van der Waals surface area contributed by atoms with Crippen molar-refractivity contribution >= 4 is 23.6 Å². The Labute approximate surface area is 144 Å². The Hall–Kier alpha value is -1.87. The molecule has 1 aliphatic rings. The van der Waals surface area contributed by atoms with E-state index < -0.39 is 12.0 Å². The van der Waals surface area contributed by atoms with E-state index in [1.807, 2.05) is 20.1 Å². The second kappa shape index (κ2) is 8.29. The number of nitrogens with zero attached hydrogens (tertiary/aromatic N) is 2. The van der Waals surface area contributed by atoms with Crippen molar-refractivity contribution in [3.8, 4) is 0 Å². The third kappa shape index (κ3) is 5.07. The van der Waals surface area contributed by atoms with Gasteiger partial charge in [-0.05, 0) is 26.5 Å². The number of H-pyrrole nitrogens is 1. The molecule has 0 fully saturated rings. The van der Waals surface area contributed by atoms with Gasteiger partial charge in [0.05, 0.1) is 24.6 Å². The fourth-order valence-corrected chi connectivity index (χ4v) is 2.53. The average Bonchev–Trinajstić information content (AvgIpc) is 2.52. The molecule has 1 amide bonds. The van der Waals surface area contributed by atoms with Crippen LogP contribution in [0, 0.1) is 0 Å². The molecule has 1 aromatic rings. The SMILES string of the molecule is CC(=O)O.CSC(C)(C)[C@H](N)C(=O)N1CCc2c(nc[nH]c2=O)C1. The molecule has 0 radical (unpaired) electrons. The number of aromatic amines is 1. The summed E-state index contributed by atoms with van der Waals surface area (Å²) < 4.78 is -0.320. The lowest BCUT2D eigenvalue weighted by Crippen LogP contribution is -2.54. The average molecular weight is 356 g/mol. The van der Waals surface area contributed by atoms with Crippen molar-refractivity contribution in [1.82, 2.24) is 14.9 Å². The summed E-state index contributed by atoms with van der Waals surface area (Å²) in [5.74, 6) is -0.919. The summed E-state index contributed by atoms with van der Waals surface area (Å²) in [6.45, 7) is 5.87. The number of thioether (sulfide) groups is 1. The van der Waals surface area contributed by atoms with Gasteiger partial charge < -0.3 is 20.7 Å². The first-order chi connectivity index (χ1) is 11.1. The highest BCUT2D eigenvalue weighted by atomic mass is 32.2. The van der Waals surface area contributed by atoms with Crippen molar-refractivity contribution in [3.63, 3.8) is 0 Å². The molecule has 1 atom stereocenters. The van der Waals surface area contributed by atoms with E-state index in [2.05, 4.69) is 9.97 Å². The van der Waals surface area contributed by atoms with Gasteiger partial charge in [-0.25, -0.2) is 4.98 Å². The second-order valence-electron chi connectivity index (χ2n) is 5.97. The topological polar surface area (TPSA) is 129 Å². The summed E-state index contributed by atoms with van der Waals surface area (Å²) in [5, 5.41) is 7.42. The molecule has 134 valence electrons. The first-order valence-electron chi connectivity index (χ1n) is 7.44. The number of carboxylic acids is 1. The van der Waals surface area contributed by atoms with Gasteiger partial charge in [0.15, 0.2) is 0 Å². The van der Waals surface area contributed by atoms with E-state index in [0.717, 1.165) is 6.92 Å². The Morgan fingerprint density at radius 3 is 2.62 bits per heavy atom. The molecule has 0 saturated heterocycles. The minimum absolute atomic E-state index is 0.0860. The fourth-order valence-electron chi connectivity index (χ4n) is 2.17. The van der Waals surface area contributed by atoms with Gasteiger partial charge in [-0.15, -0.1) is 0 Å². The fraction of sp³-hybridized carbons (Fsp3) is 0.600. The molecule has 8 nitrogen and oxygen atoms in total. The molecule has 0 spiro atoms. The maximum Gasteiger partial charge on any atom is 0.300 e. The molecule has 0 saturated carbocycles. The zero-order valence-electron chi connectivity index (χ0n) is 14.3. The van der Waals surface area contributed by atoms with Gasteiger partial charge in [-0.2, -0.15) is 11.8 Å². The van der Waals surface area contributed by atoms with Crippen LogP contribution in [0.25, 0.3) is 0 Å². The van der Waals surface area contributed by atoms with Crippen molar-refractivity contribution in [3.05, 3.63) is 27.9 Å². The van der Waals surface area contributed by atoms with Crippen molar-refractivity contribution in [1.29, 1.82) is 0 Å². The highest BCUT2D eigenvalue weighted by Gasteiger charge is 2.35. The van der Waals surface area contributed by atoms with Gasteiger partial charge >= 0.3 is 0 Å². The number of nitrogens with one attached hydrogen (secondary N) is 1. The van der Waals surface area contributed by atoms with Crippen LogP contribution in [0.2, 0.25) is 0 Å². The van der Waals surface area contributed by atoms with E-state index in [-0.39, 0.29) is 16.2 Å². The molecule has 9 heteroatoms. The van der Waals surface area contributed by atoms with Crippen LogP contribution in [0.1, 0.15) is 32.0 Å². The molecule has 1 aromatic heterocycles. The number of hydrogen-bond acceptors (Lipinski definition) is 6. The number of fused-ring (bicyclic) bond motifs is 1. The third-order valence-corrected chi connectivity index (χ3v) is 5.17. The van der Waals surface area contributed by atoms with Gasteiger partial charge in [0.1, 0.15) is 0 Å². The second-order valence-corrected chi connectivity index (χ2v) is 7.43. The van der Waals surface area contributed by atoms with Crippen LogP contribution in [0.15, 0.2) is 11.1 Å². The van der Waals surface area contributed by atoms with Gasteiger partial charge in [-0.3, -0.25) is 14.4 Å². The summed E-state index contributed by atoms with van der Waals surface area (Å²) in [6, 6.07) is -0.568. The van der Waals surface area contributed by atoms with E-state index in [0.29, 0.717) is 30.8 Å². The highest BCUT2D eigenvalue weighted by molar-refractivity contribution is 8.00. The first kappa shape index (κ1) is 20.2. The number of nitrogens with two attached hydrogens (primary N) is 1. The van der Waals surface area contributed by atoms with E-state index in [4.69, 9.17) is 15.6 Å². The van der Waals surface area contributed by atoms with Crippen LogP contribution in [-0.2, 0) is 22.6 Å². The lowest BCUT2D eigenvalue weighted by atomic mass is 10.0. The number of aromatic nitrogens is 2. The van der Waals surface area contributed by atoms with E-state index in [9.17, 15) is 9.59 Å². The third-order valence-electron chi connectivity index (χ3n) is 3.86. The number of carboxylic acid groups (broad SMARTS) is 1. The summed E-state index contributed by atoms with van der Waals surface area (Å²) >= 11 is 1.57. The minimum Gasteiger partial charge on any atom is -0.481 e. The summed E-state index contributed by atoms with van der Waals surface area (Å²) in [4.78, 5) is 41.5. The van der Waals surface area contributed by atoms with E-state index >= 15 is 0 Å². The maximum absolute atomic E-state index is 12.5. The Morgan fingerprint density at radius 2 is 2.08 bits per heavy atom. The Balaban J connectivity index is 0.000000648. The minimum atomic E-state index is -0.833. The number of amides is 1. The molecule has 1 aliphatic heterocycles. The lowest BCUT2D eigenvalue weighted by Gasteiger charge is -2.35. The number of hydrogen-bond donors (Lipinski definition) is 3. The zero-order chi connectivity index (χ0) is 18.5. The molecule has 0 aromatic carbocycles. The van der Waals surface area contributed by atoms with Crippen molar-refractivity contribution in [2.24, 2.45) is 5.73 Å². The Kier molecular flexibility index (Phi) is 6.97. The standard InChI is InChI=1S/C13H20N4O2S.C2H4O2/c1-13(2,20-3)10(14)12(19)17-5-4-8-9(6-17)15-7-16-11(8)18;1-2(3)4/h7,10H,4-6,14H2,1-3H3,(H,15,16,18);1H3,(H,3,4)/t10-;/m1./s1. The summed E-state index contributed by atoms with van der Waals surface area (Å²) in [5.41, 5.74) is 7.32. The normalized spacial score (nSPS) is 15.0. The van der Waals surface area contributed by atoms with Gasteiger partial charge in [-0.1, -0.05) is 0 Å². The van der Waals surface area contributed by atoms with Gasteiger partial charge in [0.25, 0.3) is 11.5 Å². The number of carbonyl (C=O) groups is 2. The van der Waals surface area contributed by atoms with Gasteiger partial charge in [0.2, 0.25) is 5.91 Å². The molecular formula is C15H24N4O4S. The largest absolute Gasteiger partial charge is 0.481 e. The van der Waals surface area contributed by atoms with Crippen LogP contribution in [0.3, 0.4) is 0 Å². The molecule has 24 heavy (non-hydrogen) atoms. The predicted octanol–water partition coefficient (Wildman–Crippen LogP) is 0.214. The van der Waals surface area contributed by atoms with E-state index in [1.54, 1.807) is 16.7 Å². The van der Waals surface area contributed by atoms with Crippen LogP contribution < -0.4 is 11.3 Å². The summed E-state index contributed by atoms with van der Waals surface area (Å²) in [6.07, 6.45) is 3.84. The van der Waals surface area contributed by atoms with Crippen molar-refractivity contribution in [2.45, 2.75) is 44.5 Å². The van der Waals surface area contributed by atoms with Crippen molar-refractivity contribution in [2.75, 3.05) is 12.8 Å². The van der Waals surface area contributed by atoms with E-state index in [1.165, 1.54) is 6.33 Å². The Morgan fingerprint density at radius 1 is 1.50 bits per heavy atom. The van der Waals surface area contributed by atoms with Crippen LogP contribution in [0.4, 0.5) is 0 Å². The van der Waals surface area contributed by atoms with Gasteiger partial charge in [0, 0.05) is 23.8 Å². The van der Waals surface area contributed by atoms with Crippen LogP contribution >= 0.6 is 11.8 Å². The van der Waals surface area contributed by atoms with Crippen LogP contribution in [-0.4, -0.2) is 55.4 Å². The Bertz CT molecular complexity index is 655. The number of rotatable bonds is 3. The van der Waals surface area contributed by atoms with Crippen molar-refractivity contribution < 1.29 is 14.7 Å². The van der Waals surface area contributed by atoms with Crippen LogP contribution in [0.5, 0.6) is 0 Å². The maximum atomic E-state index is 12.5. The monoisotopic (exact) mass is 356 g/mol. The summed E-state index contributed by atoms with van der Waals surface area (Å²) in [7, 11) is 0. The molecule has 0 unspecified atom stereocenters. The molecule has 2 heterocycles. The molecule has 0 bridgehead atoms. The number of aliphatic carboxylic acids is 1. The first-order valence-corrected chi connectivity index (χ1v) is 8.67. The highest BCUT2D eigenvalue weighted by Crippen LogP contribution is 2.26. The molecule has 2 rings (SSSR count). The quantitative estimate of drug-likeness (QED) is 0.706. The zero-order valence-corrected chi connectivity index (χ0v) is 15.1. The predicted molar refractivity (Wildman–Crippen MR) is 92.9 cm³/mol. The smallest absolute Gasteiger partial charge is 0.300 e. The molecular weight excluding hydrogens is 332 g/mol. The lowest BCUT2D eigenvalue weighted by molar-refractivity contribution is -0.135.